The molecule has 0 aliphatic carbocycles. The molecule has 0 aromatic carbocycles. The van der Waals surface area contributed by atoms with Crippen molar-refractivity contribution in [1.82, 2.24) is 4.98 Å². The van der Waals surface area contributed by atoms with Gasteiger partial charge in [-0.1, -0.05) is 0 Å². The molecule has 0 radical (unpaired) electrons. The molecule has 13 heavy (non-hydrogen) atoms. The topological polar surface area (TPSA) is 24.9 Å². The molecular formula is C8H11ClF2N2. The molecule has 1 aromatic rings. The Balaban J connectivity index is 0.00000144. The second kappa shape index (κ2) is 4.37. The van der Waals surface area contributed by atoms with Crippen molar-refractivity contribution >= 4 is 18.1 Å². The van der Waals surface area contributed by atoms with Gasteiger partial charge in [-0.05, 0) is 12.1 Å². The monoisotopic (exact) mass is 208 g/mol. The van der Waals surface area contributed by atoms with Gasteiger partial charge < -0.3 is 5.32 Å². The van der Waals surface area contributed by atoms with Crippen molar-refractivity contribution in [2.24, 2.45) is 0 Å². The van der Waals surface area contributed by atoms with Gasteiger partial charge in [-0.2, -0.15) is 8.78 Å². The predicted molar refractivity (Wildman–Crippen MR) is 50.6 cm³/mol. The molecule has 0 spiro atoms. The highest BCUT2D eigenvalue weighted by molar-refractivity contribution is 5.85. The van der Waals surface area contributed by atoms with E-state index >= 15 is 0 Å². The molecule has 1 heterocycles. The predicted octanol–water partition coefficient (Wildman–Crippen LogP) is 2.66. The Labute approximate surface area is 81.8 Å². The van der Waals surface area contributed by atoms with Gasteiger partial charge in [0.25, 0.3) is 5.92 Å². The number of nitrogens with one attached hydrogen (secondary N) is 1. The van der Waals surface area contributed by atoms with Gasteiger partial charge in [0.15, 0.2) is 0 Å². The van der Waals surface area contributed by atoms with E-state index in [1.54, 1.807) is 13.1 Å². The van der Waals surface area contributed by atoms with Crippen LogP contribution in [0, 0.1) is 0 Å². The smallest absolute Gasteiger partial charge is 0.286 e. The van der Waals surface area contributed by atoms with E-state index in [2.05, 4.69) is 10.3 Å². The summed E-state index contributed by atoms with van der Waals surface area (Å²) in [6.45, 7) is 0.828. The van der Waals surface area contributed by atoms with E-state index in [1.165, 1.54) is 12.3 Å². The number of alkyl halides is 2. The first kappa shape index (κ1) is 12.1. The molecule has 0 amide bonds. The normalized spacial score (nSPS) is 10.5. The molecule has 0 saturated carbocycles. The molecule has 0 aliphatic heterocycles. The van der Waals surface area contributed by atoms with Gasteiger partial charge in [-0.3, -0.25) is 4.98 Å². The molecule has 2 nitrogen and oxygen atoms in total. The maximum Gasteiger partial charge on any atom is 0.286 e. The zero-order valence-electron chi connectivity index (χ0n) is 7.34. The Morgan fingerprint density at radius 1 is 1.38 bits per heavy atom. The molecule has 1 rings (SSSR count). The number of anilines is 1. The summed E-state index contributed by atoms with van der Waals surface area (Å²) >= 11 is 0. The van der Waals surface area contributed by atoms with Gasteiger partial charge in [0.05, 0.1) is 11.9 Å². The van der Waals surface area contributed by atoms with Crippen LogP contribution in [-0.4, -0.2) is 12.0 Å². The number of hydrogen-bond acceptors (Lipinski definition) is 2. The average molecular weight is 209 g/mol. The Bertz CT molecular complexity index is 256. The third kappa shape index (κ3) is 3.14. The van der Waals surface area contributed by atoms with Crippen LogP contribution in [0.4, 0.5) is 14.5 Å². The lowest BCUT2D eigenvalue weighted by Crippen LogP contribution is -2.09. The largest absolute Gasteiger partial charge is 0.387 e. The Hall–Kier alpha value is -0.900. The summed E-state index contributed by atoms with van der Waals surface area (Å²) in [7, 11) is 1.71. The first-order chi connectivity index (χ1) is 5.54. The SMILES string of the molecule is CNc1ccc(C(C)(F)F)nc1.Cl. The van der Waals surface area contributed by atoms with E-state index in [0.717, 1.165) is 12.6 Å². The maximum atomic E-state index is 12.6. The van der Waals surface area contributed by atoms with Crippen LogP contribution in [0.2, 0.25) is 0 Å². The Morgan fingerprint density at radius 2 is 2.00 bits per heavy atom. The van der Waals surface area contributed by atoms with E-state index in [4.69, 9.17) is 0 Å². The molecular weight excluding hydrogens is 198 g/mol. The van der Waals surface area contributed by atoms with Crippen LogP contribution in [0.25, 0.3) is 0 Å². The number of halogens is 3. The second-order valence-corrected chi connectivity index (χ2v) is 2.57. The number of aromatic nitrogens is 1. The van der Waals surface area contributed by atoms with Crippen LogP contribution in [0.5, 0.6) is 0 Å². The van der Waals surface area contributed by atoms with E-state index in [1.807, 2.05) is 0 Å². The zero-order chi connectivity index (χ0) is 9.19. The second-order valence-electron chi connectivity index (χ2n) is 2.57. The van der Waals surface area contributed by atoms with Crippen molar-refractivity contribution in [3.05, 3.63) is 24.0 Å². The Morgan fingerprint density at radius 3 is 2.31 bits per heavy atom. The number of hydrogen-bond donors (Lipinski definition) is 1. The third-order valence-electron chi connectivity index (χ3n) is 1.50. The highest BCUT2D eigenvalue weighted by Gasteiger charge is 2.25. The molecule has 0 unspecified atom stereocenters. The first-order valence-electron chi connectivity index (χ1n) is 3.56. The van der Waals surface area contributed by atoms with Gasteiger partial charge in [-0.25, -0.2) is 0 Å². The van der Waals surface area contributed by atoms with Gasteiger partial charge in [0.2, 0.25) is 0 Å². The lowest BCUT2D eigenvalue weighted by molar-refractivity contribution is 0.0128. The van der Waals surface area contributed by atoms with E-state index in [9.17, 15) is 8.78 Å². The summed E-state index contributed by atoms with van der Waals surface area (Å²) in [5.74, 6) is -2.85. The molecule has 0 fully saturated rings. The molecule has 5 heteroatoms. The number of nitrogens with zero attached hydrogens (tertiary/aromatic N) is 1. The van der Waals surface area contributed by atoms with Crippen molar-refractivity contribution in [2.75, 3.05) is 12.4 Å². The highest BCUT2D eigenvalue weighted by Crippen LogP contribution is 2.25. The molecule has 0 bridgehead atoms. The molecule has 0 saturated heterocycles. The number of rotatable bonds is 2. The molecule has 74 valence electrons. The Kier molecular flexibility index (Phi) is 4.07. The van der Waals surface area contributed by atoms with Crippen LogP contribution in [0.1, 0.15) is 12.6 Å². The number of pyridine rings is 1. The van der Waals surface area contributed by atoms with Crippen molar-refractivity contribution in [3.8, 4) is 0 Å². The molecule has 1 aromatic heterocycles. The molecule has 1 N–H and O–H groups in total. The van der Waals surface area contributed by atoms with Gasteiger partial charge >= 0.3 is 0 Å². The van der Waals surface area contributed by atoms with E-state index < -0.39 is 5.92 Å². The highest BCUT2D eigenvalue weighted by atomic mass is 35.5. The van der Waals surface area contributed by atoms with Crippen LogP contribution in [0.3, 0.4) is 0 Å². The van der Waals surface area contributed by atoms with Crippen molar-refractivity contribution < 1.29 is 8.78 Å². The lowest BCUT2D eigenvalue weighted by Gasteiger charge is -2.09. The maximum absolute atomic E-state index is 12.6. The fraction of sp³-hybridized carbons (Fsp3) is 0.375. The first-order valence-corrected chi connectivity index (χ1v) is 3.56. The average Bonchev–Trinajstić information content (AvgIpc) is 2.03. The summed E-state index contributed by atoms with van der Waals surface area (Å²) in [5.41, 5.74) is 0.518. The van der Waals surface area contributed by atoms with Crippen molar-refractivity contribution in [1.29, 1.82) is 0 Å². The van der Waals surface area contributed by atoms with E-state index in [0.29, 0.717) is 0 Å². The van der Waals surface area contributed by atoms with Crippen molar-refractivity contribution in [3.63, 3.8) is 0 Å². The van der Waals surface area contributed by atoms with Crippen LogP contribution in [-0.2, 0) is 5.92 Å². The van der Waals surface area contributed by atoms with Crippen molar-refractivity contribution in [2.45, 2.75) is 12.8 Å². The quantitative estimate of drug-likeness (QED) is 0.808. The minimum absolute atomic E-state index is 0. The zero-order valence-corrected chi connectivity index (χ0v) is 8.16. The lowest BCUT2D eigenvalue weighted by atomic mass is 10.2. The van der Waals surface area contributed by atoms with Crippen LogP contribution >= 0.6 is 12.4 Å². The summed E-state index contributed by atoms with van der Waals surface area (Å²) in [4.78, 5) is 3.61. The summed E-state index contributed by atoms with van der Waals surface area (Å²) in [5, 5.41) is 2.80. The minimum Gasteiger partial charge on any atom is -0.387 e. The van der Waals surface area contributed by atoms with Crippen LogP contribution < -0.4 is 5.32 Å². The fourth-order valence-corrected chi connectivity index (χ4v) is 0.801. The van der Waals surface area contributed by atoms with Crippen LogP contribution in [0.15, 0.2) is 18.3 Å². The van der Waals surface area contributed by atoms with Gasteiger partial charge in [0.1, 0.15) is 5.69 Å². The van der Waals surface area contributed by atoms with E-state index in [-0.39, 0.29) is 18.1 Å². The summed E-state index contributed by atoms with van der Waals surface area (Å²) < 4.78 is 25.2. The summed E-state index contributed by atoms with van der Waals surface area (Å²) in [6, 6.07) is 2.88. The minimum atomic E-state index is -2.85. The van der Waals surface area contributed by atoms with Gasteiger partial charge in [0, 0.05) is 14.0 Å². The fourth-order valence-electron chi connectivity index (χ4n) is 0.801. The molecule has 0 aliphatic rings. The standard InChI is InChI=1S/C8H10F2N2.ClH/c1-8(9,10)7-4-3-6(11-2)5-12-7;/h3-5,11H,1-2H3;1H. The molecule has 0 atom stereocenters. The third-order valence-corrected chi connectivity index (χ3v) is 1.50. The summed E-state index contributed by atoms with van der Waals surface area (Å²) in [6.07, 6.45) is 1.38. The van der Waals surface area contributed by atoms with Gasteiger partial charge in [-0.15, -0.1) is 12.4 Å².